The molecule has 21 rings (SSSR count). The van der Waals surface area contributed by atoms with Gasteiger partial charge in [0.05, 0.1) is 117 Å². The second-order valence-electron chi connectivity index (χ2n) is 31.6. The van der Waals surface area contributed by atoms with E-state index >= 15 is 0 Å². The fourth-order valence-electron chi connectivity index (χ4n) is 14.2. The summed E-state index contributed by atoms with van der Waals surface area (Å²) >= 11 is 84.7. The van der Waals surface area contributed by atoms with Crippen LogP contribution in [0, 0.1) is 143 Å². The van der Waals surface area contributed by atoms with Gasteiger partial charge in [-0.1, -0.05) is 175 Å². The van der Waals surface area contributed by atoms with Gasteiger partial charge in [0.15, 0.2) is 34.9 Å². The lowest BCUT2D eigenvalue weighted by atomic mass is 10.1. The van der Waals surface area contributed by atoms with Crippen molar-refractivity contribution in [3.8, 4) is 0 Å². The summed E-state index contributed by atoms with van der Waals surface area (Å²) < 4.78 is 112. The summed E-state index contributed by atoms with van der Waals surface area (Å²) in [7, 11) is 0. The molecule has 0 spiro atoms. The van der Waals surface area contributed by atoms with Gasteiger partial charge >= 0.3 is 0 Å². The van der Waals surface area contributed by atoms with Crippen LogP contribution in [0.25, 0.3) is 154 Å². The highest BCUT2D eigenvalue weighted by atomic mass is 35.5. The van der Waals surface area contributed by atoms with E-state index in [2.05, 4.69) is 69.8 Å². The Hall–Kier alpha value is -10.2. The molecule has 0 aliphatic rings. The number of aromatic nitrogens is 14. The summed E-state index contributed by atoms with van der Waals surface area (Å²) in [5, 5.41) is 4.70. The highest BCUT2D eigenvalue weighted by molar-refractivity contribution is 6.41. The van der Waals surface area contributed by atoms with Gasteiger partial charge < -0.3 is 0 Å². The standard InChI is InChI=1S/4C14H8Cl2F2N2.3C14H10Cl2N2/c1-5-7(15)3-9-13(11(5)17)19-10-4-8(16)6(2)12(18)14(10)20-9;1-5-3-7-13(9(15)11(5)17)20-8-4-6(2)12(18)10(16)14(8)19-7;1-5-3-7-13(11(17)9(5)15)20-8-4-6(2)10(16)12(18)14(8)19-7;1-5-3-7(15)11-13(9(5)17)19-12-8(16)4-6(2)10(18)14(12)20-11;1-7-3-11-13(5-9(7)15)18-12-4-8(2)10(16)6-14(12)17-11;1-7-3-9(15)13-11(5-7)17-14-10(16)4-8(2)6-12(14)18-13;1-7-3-5-9-13(11(7)15)17-10-6-4-8(2)12(16)14(10)18-9/h4*3-4H,1-2H3;3*3-6H,1-2H3. The molecule has 0 radical (unpaired) electrons. The van der Waals surface area contributed by atoms with E-state index in [0.717, 1.165) is 99.6 Å². The first kappa shape index (κ1) is 98.3. The Kier molecular flexibility index (Phi) is 28.7. The molecule has 0 saturated carbocycles. The van der Waals surface area contributed by atoms with Crippen LogP contribution in [0.1, 0.15) is 77.9 Å². The van der Waals surface area contributed by atoms with E-state index < -0.39 is 46.5 Å². The van der Waals surface area contributed by atoms with E-state index in [1.54, 1.807) is 67.5 Å². The van der Waals surface area contributed by atoms with Crippen LogP contribution in [-0.4, -0.2) is 69.8 Å². The van der Waals surface area contributed by atoms with Crippen LogP contribution in [0.3, 0.4) is 0 Å². The Morgan fingerprint density at radius 2 is 0.403 bits per heavy atom. The molecule has 0 aliphatic heterocycles. The summed E-state index contributed by atoms with van der Waals surface area (Å²) in [6.45, 7) is 24.5. The van der Waals surface area contributed by atoms with Crippen LogP contribution in [0.4, 0.5) is 35.1 Å². The number of nitrogens with zero attached hydrogens (tertiary/aromatic N) is 14. The maximum absolute atomic E-state index is 14.2. The summed E-state index contributed by atoms with van der Waals surface area (Å²) in [4.78, 5) is 60.6. The minimum absolute atomic E-state index is 0.00249. The average Bonchev–Trinajstić information content (AvgIpc) is 0.833. The molecule has 0 fully saturated rings. The van der Waals surface area contributed by atoms with Crippen LogP contribution in [0.15, 0.2) is 121 Å². The third-order valence-electron chi connectivity index (χ3n) is 21.6. The predicted octanol–water partition coefficient (Wildman–Crippen LogP) is 34.1. The normalized spacial score (nSPS) is 11.4. The van der Waals surface area contributed by atoms with Gasteiger partial charge in [0.1, 0.15) is 98.9 Å². The quantitative estimate of drug-likeness (QED) is 0.103. The van der Waals surface area contributed by atoms with Crippen molar-refractivity contribution < 1.29 is 35.1 Å². The number of aryl methyl sites for hydroxylation is 12. The largest absolute Gasteiger partial charge is 0.244 e. The Labute approximate surface area is 827 Å². The van der Waals surface area contributed by atoms with Gasteiger partial charge in [-0.15, -0.1) is 0 Å². The van der Waals surface area contributed by atoms with Gasteiger partial charge in [0, 0.05) is 31.2 Å². The molecule has 7 heterocycles. The van der Waals surface area contributed by atoms with Crippen molar-refractivity contribution in [3.63, 3.8) is 0 Å². The Morgan fingerprint density at radius 3 is 0.761 bits per heavy atom. The molecule has 134 heavy (non-hydrogen) atoms. The molecule has 21 aromatic rings. The third-order valence-corrected chi connectivity index (χ3v) is 26.9. The molecule has 7 aromatic heterocycles. The SMILES string of the molecule is Cc1c(Cl)cc2nc3c(F)c(C)c(Cl)cc3nc2c1F.Cc1cc(Cl)c2nc3c(F)c(C)cc(Cl)c3nc2c1F.Cc1cc(Cl)c2nc3cc(C)cc(Cl)c3nc2c1.Cc1cc2nc3c(Cl)c(F)c(C)cc3nc2c(Cl)c1F.Cc1cc2nc3c(F)c(Cl)c(C)cc3nc2c(F)c1Cl.Cc1cc2nc3cc(Cl)c(C)cc3nc2cc1Cl.Cc1ccc2nc3c(Cl)c(C)ccc3nc2c1Cl. The van der Waals surface area contributed by atoms with Crippen LogP contribution < -0.4 is 0 Å². The maximum atomic E-state index is 14.2. The molecule has 0 saturated heterocycles. The van der Waals surface area contributed by atoms with Crippen molar-refractivity contribution in [1.29, 1.82) is 0 Å². The highest BCUT2D eigenvalue weighted by Gasteiger charge is 2.24. The maximum Gasteiger partial charge on any atom is 0.169 e. The second kappa shape index (κ2) is 39.1. The number of fused-ring (bicyclic) bond motifs is 14. The minimum Gasteiger partial charge on any atom is -0.244 e. The average molecular weight is 2080 g/mol. The number of benzene rings is 14. The molecular weight excluding hydrogens is 2020 g/mol. The number of hydrogen-bond acceptors (Lipinski definition) is 14. The fourth-order valence-corrected chi connectivity index (χ4v) is 17.4. The van der Waals surface area contributed by atoms with Crippen LogP contribution in [-0.2, 0) is 0 Å². The summed E-state index contributed by atoms with van der Waals surface area (Å²) in [5.41, 5.74) is 20.9. The third kappa shape index (κ3) is 19.3. The van der Waals surface area contributed by atoms with E-state index in [1.165, 1.54) is 36.4 Å². The van der Waals surface area contributed by atoms with Crippen molar-refractivity contribution >= 4 is 317 Å². The van der Waals surface area contributed by atoms with Gasteiger partial charge in [-0.2, -0.15) is 0 Å². The molecular formula is C98H62Cl14F8N14. The zero-order chi connectivity index (χ0) is 97.0. The summed E-state index contributed by atoms with van der Waals surface area (Å²) in [6.07, 6.45) is 0. The van der Waals surface area contributed by atoms with Crippen molar-refractivity contribution in [2.45, 2.75) is 96.9 Å². The van der Waals surface area contributed by atoms with Crippen LogP contribution in [0.2, 0.25) is 70.3 Å². The van der Waals surface area contributed by atoms with E-state index in [4.69, 9.17) is 162 Å². The molecule has 0 N–H and O–H groups in total. The number of rotatable bonds is 0. The van der Waals surface area contributed by atoms with Crippen LogP contribution in [0.5, 0.6) is 0 Å². The second-order valence-corrected chi connectivity index (χ2v) is 37.1. The van der Waals surface area contributed by atoms with Crippen molar-refractivity contribution in [1.82, 2.24) is 69.8 Å². The zero-order valence-corrected chi connectivity index (χ0v) is 82.7. The molecule has 678 valence electrons. The van der Waals surface area contributed by atoms with Gasteiger partial charge in [-0.25, -0.2) is 105 Å². The first-order chi connectivity index (χ1) is 63.2. The molecule has 0 unspecified atom stereocenters. The van der Waals surface area contributed by atoms with Gasteiger partial charge in [-0.3, -0.25) is 0 Å². The zero-order valence-electron chi connectivity index (χ0n) is 72.1. The first-order valence-corrected chi connectivity index (χ1v) is 45.3. The summed E-state index contributed by atoms with van der Waals surface area (Å²) in [6, 6.07) is 35.0. The van der Waals surface area contributed by atoms with Gasteiger partial charge in [0.25, 0.3) is 0 Å². The van der Waals surface area contributed by atoms with Crippen LogP contribution >= 0.6 is 162 Å². The predicted molar refractivity (Wildman–Crippen MR) is 535 cm³/mol. The van der Waals surface area contributed by atoms with E-state index in [1.807, 2.05) is 114 Å². The number of hydrogen-bond donors (Lipinski definition) is 0. The molecule has 0 bridgehead atoms. The van der Waals surface area contributed by atoms with E-state index in [-0.39, 0.29) is 129 Å². The lowest BCUT2D eigenvalue weighted by molar-refractivity contribution is 0.619. The van der Waals surface area contributed by atoms with Gasteiger partial charge in [0.2, 0.25) is 0 Å². The lowest BCUT2D eigenvalue weighted by Gasteiger charge is -2.08. The van der Waals surface area contributed by atoms with E-state index in [9.17, 15) is 35.1 Å². The van der Waals surface area contributed by atoms with Crippen molar-refractivity contribution in [3.05, 3.63) is 316 Å². The molecule has 0 amide bonds. The van der Waals surface area contributed by atoms with Gasteiger partial charge in [-0.05, 0) is 273 Å². The molecule has 14 aromatic carbocycles. The molecule has 0 atom stereocenters. The van der Waals surface area contributed by atoms with Crippen molar-refractivity contribution in [2.24, 2.45) is 0 Å². The molecule has 0 aliphatic carbocycles. The van der Waals surface area contributed by atoms with E-state index in [0.29, 0.717) is 74.5 Å². The number of halogens is 22. The monoisotopic (exact) mass is 2080 g/mol. The molecule has 36 heteroatoms. The lowest BCUT2D eigenvalue weighted by Crippen LogP contribution is -1.97. The Balaban J connectivity index is 0.000000119. The Morgan fingerprint density at radius 1 is 0.149 bits per heavy atom. The topological polar surface area (TPSA) is 180 Å². The Bertz CT molecular complexity index is 7740. The van der Waals surface area contributed by atoms with Crippen molar-refractivity contribution in [2.75, 3.05) is 0 Å². The minimum atomic E-state index is -0.649. The fraction of sp³-hybridized carbons (Fsp3) is 0.143. The smallest absolute Gasteiger partial charge is 0.169 e. The molecule has 14 nitrogen and oxygen atoms in total. The first-order valence-electron chi connectivity index (χ1n) is 40.0. The summed E-state index contributed by atoms with van der Waals surface area (Å²) in [5.74, 6) is -4.53. The highest BCUT2D eigenvalue weighted by Crippen LogP contribution is 2.40.